The molecular weight excluding hydrogens is 318 g/mol. The molecule has 1 aliphatic rings. The molecule has 2 nitrogen and oxygen atoms in total. The van der Waals surface area contributed by atoms with E-state index in [1.807, 2.05) is 0 Å². The van der Waals surface area contributed by atoms with Crippen LogP contribution in [0.1, 0.15) is 15.9 Å². The molecule has 0 amide bonds. The summed E-state index contributed by atoms with van der Waals surface area (Å²) in [4.78, 5) is 0.296. The van der Waals surface area contributed by atoms with Crippen molar-refractivity contribution in [1.29, 1.82) is 0 Å². The Balaban J connectivity index is 2.69. The number of benzene rings is 1. The molecule has 0 spiro atoms. The number of hydrogen-bond donors (Lipinski definition) is 0. The predicted molar refractivity (Wildman–Crippen MR) is 59.8 cm³/mol. The van der Waals surface area contributed by atoms with Crippen LogP contribution in [0.3, 0.4) is 0 Å². The van der Waals surface area contributed by atoms with Gasteiger partial charge in [0.15, 0.2) is 9.84 Å². The molecule has 0 aromatic heterocycles. The van der Waals surface area contributed by atoms with E-state index < -0.39 is 9.84 Å². The van der Waals surface area contributed by atoms with Crippen LogP contribution in [0.5, 0.6) is 0 Å². The Hall–Kier alpha value is -0.170. The summed E-state index contributed by atoms with van der Waals surface area (Å²) in [7, 11) is -3.16. The molecule has 1 heterocycles. The third-order valence-corrected chi connectivity index (χ3v) is 5.39. The van der Waals surface area contributed by atoms with Crippen molar-refractivity contribution in [2.75, 3.05) is 5.75 Å². The molecule has 76 valence electrons. The van der Waals surface area contributed by atoms with E-state index in [1.54, 1.807) is 0 Å². The monoisotopic (exact) mass is 326 g/mol. The lowest BCUT2D eigenvalue weighted by atomic mass is 10.1. The maximum atomic E-state index is 12.9. The van der Waals surface area contributed by atoms with Crippen molar-refractivity contribution < 1.29 is 12.8 Å². The van der Waals surface area contributed by atoms with E-state index in [4.69, 9.17) is 0 Å². The molecule has 1 aliphatic heterocycles. The first-order chi connectivity index (χ1) is 6.50. The number of fused-ring (bicyclic) bond motifs is 1. The quantitative estimate of drug-likeness (QED) is 0.417. The van der Waals surface area contributed by atoms with E-state index >= 15 is 0 Å². The molecule has 14 heavy (non-hydrogen) atoms. The van der Waals surface area contributed by atoms with Gasteiger partial charge in [-0.05, 0) is 30.2 Å². The van der Waals surface area contributed by atoms with Gasteiger partial charge in [-0.25, -0.2) is 12.8 Å². The molecule has 0 bridgehead atoms. The van der Waals surface area contributed by atoms with Crippen LogP contribution in [0.4, 0.5) is 4.39 Å². The minimum atomic E-state index is -3.16. The van der Waals surface area contributed by atoms with Crippen molar-refractivity contribution in [2.45, 2.75) is 15.2 Å². The van der Waals surface area contributed by atoms with E-state index in [1.165, 1.54) is 18.2 Å². The number of halogens is 2. The second-order valence-electron chi connectivity index (χ2n) is 3.26. The summed E-state index contributed by atoms with van der Waals surface area (Å²) in [6.07, 6.45) is 0.569. The fourth-order valence-electron chi connectivity index (χ4n) is 1.57. The van der Waals surface area contributed by atoms with Crippen molar-refractivity contribution in [3.05, 3.63) is 29.6 Å². The fraction of sp³-hybridized carbons (Fsp3) is 0.333. The predicted octanol–water partition coefficient (Wildman–Crippen LogP) is 2.48. The summed E-state index contributed by atoms with van der Waals surface area (Å²) in [6.45, 7) is 0. The van der Waals surface area contributed by atoms with Gasteiger partial charge in [-0.15, -0.1) is 0 Å². The highest BCUT2D eigenvalue weighted by Crippen LogP contribution is 2.38. The molecule has 1 aromatic carbocycles. The van der Waals surface area contributed by atoms with Crippen LogP contribution >= 0.6 is 22.6 Å². The molecule has 1 atom stereocenters. The van der Waals surface area contributed by atoms with Crippen LogP contribution in [-0.4, -0.2) is 14.2 Å². The molecule has 2 rings (SSSR count). The summed E-state index contributed by atoms with van der Waals surface area (Å²) >= 11 is 2.15. The van der Waals surface area contributed by atoms with Crippen molar-refractivity contribution in [3.8, 4) is 0 Å². The van der Waals surface area contributed by atoms with Gasteiger partial charge in [-0.1, -0.05) is 22.6 Å². The van der Waals surface area contributed by atoms with Gasteiger partial charge in [0.1, 0.15) is 5.82 Å². The lowest BCUT2D eigenvalue weighted by Crippen LogP contribution is -2.17. The van der Waals surface area contributed by atoms with Crippen LogP contribution < -0.4 is 0 Å². The van der Waals surface area contributed by atoms with E-state index in [-0.39, 0.29) is 15.5 Å². The van der Waals surface area contributed by atoms with Crippen LogP contribution in [0, 0.1) is 5.82 Å². The van der Waals surface area contributed by atoms with E-state index in [9.17, 15) is 12.8 Å². The lowest BCUT2D eigenvalue weighted by Gasteiger charge is -2.20. The summed E-state index contributed by atoms with van der Waals surface area (Å²) in [5.41, 5.74) is 0.608. The van der Waals surface area contributed by atoms with Crippen LogP contribution in [0.25, 0.3) is 0 Å². The highest BCUT2D eigenvalue weighted by Gasteiger charge is 2.28. The lowest BCUT2D eigenvalue weighted by molar-refractivity contribution is 0.583. The SMILES string of the molecule is O=S1(=O)CCC(I)c2cc(F)ccc21. The van der Waals surface area contributed by atoms with E-state index in [2.05, 4.69) is 22.6 Å². The maximum Gasteiger partial charge on any atom is 0.178 e. The molecule has 5 heteroatoms. The first-order valence-corrected chi connectivity index (χ1v) is 7.07. The zero-order valence-corrected chi connectivity index (χ0v) is 10.2. The average Bonchev–Trinajstić information content (AvgIpc) is 2.12. The minimum Gasteiger partial charge on any atom is -0.224 e. The van der Waals surface area contributed by atoms with Crippen LogP contribution in [0.15, 0.2) is 23.1 Å². The zero-order chi connectivity index (χ0) is 10.3. The third-order valence-electron chi connectivity index (χ3n) is 2.28. The van der Waals surface area contributed by atoms with Crippen LogP contribution in [0.2, 0.25) is 0 Å². The molecule has 0 fully saturated rings. The Kier molecular flexibility index (Phi) is 2.55. The Morgan fingerprint density at radius 2 is 2.14 bits per heavy atom. The molecule has 0 N–H and O–H groups in total. The number of sulfone groups is 1. The van der Waals surface area contributed by atoms with Crippen LogP contribution in [-0.2, 0) is 9.84 Å². The first kappa shape index (κ1) is 10.4. The van der Waals surface area contributed by atoms with Gasteiger partial charge < -0.3 is 0 Å². The van der Waals surface area contributed by atoms with Crippen molar-refractivity contribution >= 4 is 32.4 Å². The zero-order valence-electron chi connectivity index (χ0n) is 7.20. The van der Waals surface area contributed by atoms with Crippen molar-refractivity contribution in [3.63, 3.8) is 0 Å². The largest absolute Gasteiger partial charge is 0.224 e. The Bertz CT molecular complexity index is 470. The molecule has 0 saturated carbocycles. The molecule has 1 aromatic rings. The molecule has 0 radical (unpaired) electrons. The smallest absolute Gasteiger partial charge is 0.178 e. The Morgan fingerprint density at radius 3 is 2.86 bits per heavy atom. The topological polar surface area (TPSA) is 34.1 Å². The molecule has 1 unspecified atom stereocenters. The maximum absolute atomic E-state index is 12.9. The standard InChI is InChI=1S/C9H8FIO2S/c10-6-1-2-9-7(5-6)8(11)3-4-14(9,12)13/h1-2,5,8H,3-4H2. The first-order valence-electron chi connectivity index (χ1n) is 4.17. The highest BCUT2D eigenvalue weighted by molar-refractivity contribution is 14.1. The van der Waals surface area contributed by atoms with Gasteiger partial charge in [0.2, 0.25) is 0 Å². The number of hydrogen-bond acceptors (Lipinski definition) is 2. The molecular formula is C9H8FIO2S. The number of rotatable bonds is 0. The van der Waals surface area contributed by atoms with Gasteiger partial charge in [-0.3, -0.25) is 0 Å². The van der Waals surface area contributed by atoms with Crippen molar-refractivity contribution in [1.82, 2.24) is 0 Å². The van der Waals surface area contributed by atoms with E-state index in [0.29, 0.717) is 16.9 Å². The Labute approximate surface area is 95.6 Å². The van der Waals surface area contributed by atoms with Gasteiger partial charge in [0, 0.05) is 3.92 Å². The molecule has 0 saturated heterocycles. The van der Waals surface area contributed by atoms with E-state index in [0.717, 1.165) is 0 Å². The third kappa shape index (κ3) is 1.67. The fourth-order valence-corrected chi connectivity index (χ4v) is 4.63. The summed E-state index contributed by atoms with van der Waals surface area (Å²) < 4.78 is 36.2. The second-order valence-corrected chi connectivity index (χ2v) is 6.84. The summed E-state index contributed by atoms with van der Waals surface area (Å²) in [5, 5.41) is 0. The summed E-state index contributed by atoms with van der Waals surface area (Å²) in [6, 6.07) is 3.89. The van der Waals surface area contributed by atoms with Gasteiger partial charge >= 0.3 is 0 Å². The van der Waals surface area contributed by atoms with Gasteiger partial charge in [-0.2, -0.15) is 0 Å². The molecule has 0 aliphatic carbocycles. The number of alkyl halides is 1. The highest BCUT2D eigenvalue weighted by atomic mass is 127. The van der Waals surface area contributed by atoms with Gasteiger partial charge in [0.25, 0.3) is 0 Å². The van der Waals surface area contributed by atoms with Gasteiger partial charge in [0.05, 0.1) is 10.6 Å². The second kappa shape index (κ2) is 3.44. The average molecular weight is 326 g/mol. The van der Waals surface area contributed by atoms with Crippen molar-refractivity contribution in [2.24, 2.45) is 0 Å². The Morgan fingerprint density at radius 1 is 1.43 bits per heavy atom. The normalized spacial score (nSPS) is 24.3. The minimum absolute atomic E-state index is 0.0989. The summed E-state index contributed by atoms with van der Waals surface area (Å²) in [5.74, 6) is -0.207.